The molecule has 21 heavy (non-hydrogen) atoms. The number of halogens is 2. The molecule has 1 rings (SSSR count). The zero-order valence-corrected chi connectivity index (χ0v) is 12.5. The number of carbonyl (C=O) groups excluding carboxylic acids is 1. The van der Waals surface area contributed by atoms with E-state index in [0.717, 1.165) is 12.1 Å². The molecule has 1 aromatic carbocycles. The second-order valence-corrected chi connectivity index (χ2v) is 4.76. The molecule has 1 aromatic rings. The van der Waals surface area contributed by atoms with Crippen molar-refractivity contribution in [2.75, 3.05) is 19.8 Å². The lowest BCUT2D eigenvalue weighted by Crippen LogP contribution is -2.51. The molecule has 6 heteroatoms. The van der Waals surface area contributed by atoms with Gasteiger partial charge in [-0.2, -0.15) is 0 Å². The summed E-state index contributed by atoms with van der Waals surface area (Å²) in [5, 5.41) is 3.05. The molecule has 0 amide bonds. The van der Waals surface area contributed by atoms with Gasteiger partial charge in [-0.1, -0.05) is 6.92 Å². The van der Waals surface area contributed by atoms with E-state index in [-0.39, 0.29) is 24.9 Å². The van der Waals surface area contributed by atoms with Gasteiger partial charge in [0.1, 0.15) is 11.4 Å². The Hall–Kier alpha value is -1.69. The largest absolute Gasteiger partial charge is 0.490 e. The predicted octanol–water partition coefficient (Wildman–Crippen LogP) is 2.67. The Morgan fingerprint density at radius 2 is 2.05 bits per heavy atom. The molecule has 0 aliphatic rings. The summed E-state index contributed by atoms with van der Waals surface area (Å²) in [5.74, 6) is -1.85. The van der Waals surface area contributed by atoms with Gasteiger partial charge in [0.25, 0.3) is 0 Å². The van der Waals surface area contributed by atoms with Crippen molar-refractivity contribution in [3.05, 3.63) is 29.8 Å². The molecule has 1 unspecified atom stereocenters. The van der Waals surface area contributed by atoms with Crippen LogP contribution in [0.2, 0.25) is 0 Å². The summed E-state index contributed by atoms with van der Waals surface area (Å²) in [6, 6.07) is 3.09. The number of nitrogens with one attached hydrogen (secondary N) is 1. The number of likely N-dealkylation sites (N-methyl/N-ethyl adjacent to an activating group) is 1. The van der Waals surface area contributed by atoms with Crippen LogP contribution in [0.4, 0.5) is 8.78 Å². The van der Waals surface area contributed by atoms with Gasteiger partial charge >= 0.3 is 5.97 Å². The highest BCUT2D eigenvalue weighted by atomic mass is 19.1. The number of rotatable bonds is 8. The first kappa shape index (κ1) is 17.4. The fraction of sp³-hybridized carbons (Fsp3) is 0.533. The third kappa shape index (κ3) is 4.97. The molecule has 0 heterocycles. The van der Waals surface area contributed by atoms with Crippen LogP contribution in [-0.2, 0) is 9.53 Å². The van der Waals surface area contributed by atoms with E-state index >= 15 is 0 Å². The molecule has 0 saturated heterocycles. The van der Waals surface area contributed by atoms with E-state index in [1.165, 1.54) is 6.07 Å². The second kappa shape index (κ2) is 7.93. The number of hydrogen-bond donors (Lipinski definition) is 1. The maximum absolute atomic E-state index is 13.4. The van der Waals surface area contributed by atoms with Crippen LogP contribution in [0.15, 0.2) is 18.2 Å². The molecule has 118 valence electrons. The van der Waals surface area contributed by atoms with E-state index < -0.39 is 17.2 Å². The molecule has 0 radical (unpaired) electrons. The number of benzene rings is 1. The number of esters is 1. The van der Waals surface area contributed by atoms with Crippen molar-refractivity contribution in [1.82, 2.24) is 5.32 Å². The third-order valence-electron chi connectivity index (χ3n) is 3.05. The summed E-state index contributed by atoms with van der Waals surface area (Å²) in [4.78, 5) is 11.9. The van der Waals surface area contributed by atoms with E-state index in [9.17, 15) is 13.6 Å². The summed E-state index contributed by atoms with van der Waals surface area (Å²) in [7, 11) is 0. The Bertz CT molecular complexity index is 482. The van der Waals surface area contributed by atoms with Gasteiger partial charge in [0.05, 0.1) is 13.2 Å². The minimum absolute atomic E-state index is 0.0425. The molecule has 0 aliphatic heterocycles. The molecule has 1 atom stereocenters. The number of carbonyl (C=O) groups is 1. The Kier molecular flexibility index (Phi) is 6.55. The zero-order valence-electron chi connectivity index (χ0n) is 12.5. The molecule has 0 aliphatic carbocycles. The van der Waals surface area contributed by atoms with Gasteiger partial charge in [-0.25, -0.2) is 8.78 Å². The Labute approximate surface area is 123 Å². The van der Waals surface area contributed by atoms with Crippen molar-refractivity contribution in [1.29, 1.82) is 0 Å². The highest BCUT2D eigenvalue weighted by molar-refractivity contribution is 5.80. The minimum atomic E-state index is -0.902. The third-order valence-corrected chi connectivity index (χ3v) is 3.05. The van der Waals surface area contributed by atoms with Crippen molar-refractivity contribution in [3.8, 4) is 5.75 Å². The first-order valence-electron chi connectivity index (χ1n) is 6.93. The number of ether oxygens (including phenoxy) is 2. The molecule has 0 aromatic heterocycles. The standard InChI is InChI=1S/C15H21F2NO3/c1-4-18-15(3,14(19)20-5-2)8-9-21-13-7-6-11(16)10-12(13)17/h6-7,10,18H,4-5,8-9H2,1-3H3. The Morgan fingerprint density at radius 3 is 2.62 bits per heavy atom. The minimum Gasteiger partial charge on any atom is -0.490 e. The van der Waals surface area contributed by atoms with Gasteiger partial charge < -0.3 is 14.8 Å². The molecule has 4 nitrogen and oxygen atoms in total. The summed E-state index contributed by atoms with van der Waals surface area (Å²) in [6.07, 6.45) is 0.302. The topological polar surface area (TPSA) is 47.6 Å². The van der Waals surface area contributed by atoms with Crippen LogP contribution in [0.25, 0.3) is 0 Å². The second-order valence-electron chi connectivity index (χ2n) is 4.76. The zero-order chi connectivity index (χ0) is 15.9. The molecule has 0 fully saturated rings. The van der Waals surface area contributed by atoms with Crippen LogP contribution < -0.4 is 10.1 Å². The quantitative estimate of drug-likeness (QED) is 0.750. The predicted molar refractivity (Wildman–Crippen MR) is 75.2 cm³/mol. The molecule has 1 N–H and O–H groups in total. The van der Waals surface area contributed by atoms with Crippen LogP contribution in [-0.4, -0.2) is 31.3 Å². The lowest BCUT2D eigenvalue weighted by Gasteiger charge is -2.28. The SMILES string of the molecule is CCNC(C)(CCOc1ccc(F)cc1F)C(=O)OCC. The average molecular weight is 301 g/mol. The van der Waals surface area contributed by atoms with Gasteiger partial charge in [-0.3, -0.25) is 4.79 Å². The van der Waals surface area contributed by atoms with Crippen molar-refractivity contribution < 1.29 is 23.0 Å². The van der Waals surface area contributed by atoms with Crippen LogP contribution in [0.1, 0.15) is 27.2 Å². The summed E-state index contributed by atoms with van der Waals surface area (Å²) in [5.41, 5.74) is -0.902. The molecule has 0 bridgehead atoms. The number of hydrogen-bond acceptors (Lipinski definition) is 4. The molecular weight excluding hydrogens is 280 g/mol. The molecule has 0 saturated carbocycles. The van der Waals surface area contributed by atoms with Gasteiger partial charge in [-0.05, 0) is 32.5 Å². The Balaban J connectivity index is 2.63. The highest BCUT2D eigenvalue weighted by Gasteiger charge is 2.33. The average Bonchev–Trinajstić information content (AvgIpc) is 2.42. The van der Waals surface area contributed by atoms with Crippen molar-refractivity contribution in [2.45, 2.75) is 32.7 Å². The van der Waals surface area contributed by atoms with Crippen molar-refractivity contribution in [2.24, 2.45) is 0 Å². The van der Waals surface area contributed by atoms with Gasteiger partial charge in [0.15, 0.2) is 11.6 Å². The monoisotopic (exact) mass is 301 g/mol. The maximum Gasteiger partial charge on any atom is 0.326 e. The summed E-state index contributed by atoms with van der Waals surface area (Å²) >= 11 is 0. The van der Waals surface area contributed by atoms with Gasteiger partial charge in [0.2, 0.25) is 0 Å². The van der Waals surface area contributed by atoms with Gasteiger partial charge in [-0.15, -0.1) is 0 Å². The first-order valence-corrected chi connectivity index (χ1v) is 6.93. The van der Waals surface area contributed by atoms with E-state index in [0.29, 0.717) is 13.0 Å². The fourth-order valence-electron chi connectivity index (χ4n) is 1.90. The normalized spacial score (nSPS) is 13.6. The lowest BCUT2D eigenvalue weighted by molar-refractivity contribution is -0.151. The van der Waals surface area contributed by atoms with Crippen LogP contribution >= 0.6 is 0 Å². The van der Waals surface area contributed by atoms with Crippen LogP contribution in [0.5, 0.6) is 5.75 Å². The Morgan fingerprint density at radius 1 is 1.33 bits per heavy atom. The molecule has 0 spiro atoms. The lowest BCUT2D eigenvalue weighted by atomic mass is 9.98. The smallest absolute Gasteiger partial charge is 0.326 e. The van der Waals surface area contributed by atoms with Crippen molar-refractivity contribution >= 4 is 5.97 Å². The van der Waals surface area contributed by atoms with E-state index in [1.807, 2.05) is 6.92 Å². The van der Waals surface area contributed by atoms with E-state index in [4.69, 9.17) is 9.47 Å². The molecular formula is C15H21F2NO3. The van der Waals surface area contributed by atoms with E-state index in [2.05, 4.69) is 5.32 Å². The van der Waals surface area contributed by atoms with E-state index in [1.54, 1.807) is 13.8 Å². The first-order chi connectivity index (χ1) is 9.92. The summed E-state index contributed by atoms with van der Waals surface area (Å²) in [6.45, 7) is 6.28. The van der Waals surface area contributed by atoms with Crippen LogP contribution in [0.3, 0.4) is 0 Å². The van der Waals surface area contributed by atoms with Gasteiger partial charge in [0, 0.05) is 12.5 Å². The summed E-state index contributed by atoms with van der Waals surface area (Å²) < 4.78 is 36.5. The van der Waals surface area contributed by atoms with Crippen LogP contribution in [0, 0.1) is 11.6 Å². The highest BCUT2D eigenvalue weighted by Crippen LogP contribution is 2.19. The fourth-order valence-corrected chi connectivity index (χ4v) is 1.90. The van der Waals surface area contributed by atoms with Crippen molar-refractivity contribution in [3.63, 3.8) is 0 Å². The maximum atomic E-state index is 13.4.